The summed E-state index contributed by atoms with van der Waals surface area (Å²) in [5.74, 6) is 0.787. The van der Waals surface area contributed by atoms with Crippen LogP contribution in [-0.2, 0) is 13.0 Å². The van der Waals surface area contributed by atoms with E-state index in [2.05, 4.69) is 26.8 Å². The Bertz CT molecular complexity index is 575. The second kappa shape index (κ2) is 5.09. The normalized spacial score (nSPS) is 18.3. The van der Waals surface area contributed by atoms with Crippen LogP contribution in [-0.4, -0.2) is 26.6 Å². The Kier molecular flexibility index (Phi) is 3.29. The molecule has 0 fully saturated rings. The number of rotatable bonds is 3. The van der Waals surface area contributed by atoms with Gasteiger partial charge in [0.15, 0.2) is 5.82 Å². The van der Waals surface area contributed by atoms with Gasteiger partial charge in [-0.1, -0.05) is 0 Å². The fourth-order valence-electron chi connectivity index (χ4n) is 2.73. The van der Waals surface area contributed by atoms with Crippen molar-refractivity contribution < 1.29 is 0 Å². The predicted octanol–water partition coefficient (Wildman–Crippen LogP) is 1.96. The average molecular weight is 257 g/mol. The molecule has 2 aromatic rings. The summed E-state index contributed by atoms with van der Waals surface area (Å²) in [7, 11) is 2.00. The van der Waals surface area contributed by atoms with Gasteiger partial charge < -0.3 is 9.88 Å². The highest BCUT2D eigenvalue weighted by Crippen LogP contribution is 2.29. The minimum atomic E-state index is 0.397. The van der Waals surface area contributed by atoms with E-state index in [0.717, 1.165) is 24.5 Å². The van der Waals surface area contributed by atoms with E-state index in [4.69, 9.17) is 4.98 Å². The quantitative estimate of drug-likeness (QED) is 0.913. The van der Waals surface area contributed by atoms with E-state index in [1.165, 1.54) is 24.1 Å². The summed E-state index contributed by atoms with van der Waals surface area (Å²) in [5.41, 5.74) is 3.43. The van der Waals surface area contributed by atoms with Crippen molar-refractivity contribution in [2.24, 2.45) is 0 Å². The van der Waals surface area contributed by atoms with Crippen molar-refractivity contribution in [1.82, 2.24) is 24.8 Å². The molecule has 5 heteroatoms. The fraction of sp³-hybridized carbons (Fsp3) is 0.500. The highest BCUT2D eigenvalue weighted by Gasteiger charge is 2.21. The van der Waals surface area contributed by atoms with E-state index in [1.54, 1.807) is 0 Å². The van der Waals surface area contributed by atoms with Gasteiger partial charge in [0.05, 0.1) is 12.5 Å². The van der Waals surface area contributed by atoms with Gasteiger partial charge in [-0.05, 0) is 33.2 Å². The molecular formula is C14H19N5. The zero-order chi connectivity index (χ0) is 13.2. The predicted molar refractivity (Wildman–Crippen MR) is 73.7 cm³/mol. The Morgan fingerprint density at radius 1 is 1.42 bits per heavy atom. The van der Waals surface area contributed by atoms with Crippen molar-refractivity contribution in [2.45, 2.75) is 38.8 Å². The SMILES string of the molecule is CCn1cncc1-c1ncc2c(n1)CCCC2NC. The topological polar surface area (TPSA) is 55.6 Å². The van der Waals surface area contributed by atoms with E-state index >= 15 is 0 Å². The lowest BCUT2D eigenvalue weighted by atomic mass is 9.92. The Balaban J connectivity index is 2.02. The van der Waals surface area contributed by atoms with Crippen molar-refractivity contribution >= 4 is 0 Å². The molecule has 1 aliphatic carbocycles. The van der Waals surface area contributed by atoms with Gasteiger partial charge in [0.1, 0.15) is 5.69 Å². The number of nitrogens with one attached hydrogen (secondary N) is 1. The first-order valence-electron chi connectivity index (χ1n) is 6.87. The Hall–Kier alpha value is -1.75. The molecule has 0 radical (unpaired) electrons. The fourth-order valence-corrected chi connectivity index (χ4v) is 2.73. The largest absolute Gasteiger partial charge is 0.328 e. The third-order valence-corrected chi connectivity index (χ3v) is 3.81. The van der Waals surface area contributed by atoms with E-state index < -0.39 is 0 Å². The second-order valence-electron chi connectivity index (χ2n) is 4.89. The molecule has 2 heterocycles. The first-order chi connectivity index (χ1) is 9.33. The number of aromatic nitrogens is 4. The molecule has 2 aromatic heterocycles. The Morgan fingerprint density at radius 2 is 2.32 bits per heavy atom. The van der Waals surface area contributed by atoms with Crippen LogP contribution in [0.2, 0.25) is 0 Å². The minimum Gasteiger partial charge on any atom is -0.328 e. The molecule has 100 valence electrons. The molecule has 0 saturated carbocycles. The molecule has 1 atom stereocenters. The molecule has 1 unspecified atom stereocenters. The van der Waals surface area contributed by atoms with Gasteiger partial charge in [-0.3, -0.25) is 0 Å². The van der Waals surface area contributed by atoms with E-state index in [-0.39, 0.29) is 0 Å². The van der Waals surface area contributed by atoms with Gasteiger partial charge in [-0.25, -0.2) is 15.0 Å². The summed E-state index contributed by atoms with van der Waals surface area (Å²) >= 11 is 0. The summed E-state index contributed by atoms with van der Waals surface area (Å²) in [6.45, 7) is 2.98. The molecule has 3 rings (SSSR count). The summed E-state index contributed by atoms with van der Waals surface area (Å²) in [5, 5.41) is 3.34. The number of aryl methyl sites for hydroxylation is 2. The molecule has 0 aromatic carbocycles. The van der Waals surface area contributed by atoms with Gasteiger partial charge in [0.2, 0.25) is 0 Å². The summed E-state index contributed by atoms with van der Waals surface area (Å²) in [6.07, 6.45) is 9.04. The van der Waals surface area contributed by atoms with Crippen LogP contribution in [0.1, 0.15) is 37.1 Å². The van der Waals surface area contributed by atoms with Crippen LogP contribution < -0.4 is 5.32 Å². The number of nitrogens with zero attached hydrogens (tertiary/aromatic N) is 4. The number of hydrogen-bond acceptors (Lipinski definition) is 4. The van der Waals surface area contributed by atoms with Crippen molar-refractivity contribution in [2.75, 3.05) is 7.05 Å². The van der Waals surface area contributed by atoms with Gasteiger partial charge in [0.25, 0.3) is 0 Å². The number of imidazole rings is 1. The van der Waals surface area contributed by atoms with Crippen molar-refractivity contribution in [3.8, 4) is 11.5 Å². The molecule has 5 nitrogen and oxygen atoms in total. The maximum Gasteiger partial charge on any atom is 0.178 e. The van der Waals surface area contributed by atoms with Crippen LogP contribution in [0.15, 0.2) is 18.7 Å². The van der Waals surface area contributed by atoms with Crippen LogP contribution in [0.3, 0.4) is 0 Å². The smallest absolute Gasteiger partial charge is 0.178 e. The van der Waals surface area contributed by atoms with Crippen molar-refractivity contribution in [1.29, 1.82) is 0 Å². The summed E-state index contributed by atoms with van der Waals surface area (Å²) in [4.78, 5) is 13.5. The third kappa shape index (κ3) is 2.14. The third-order valence-electron chi connectivity index (χ3n) is 3.81. The molecule has 0 spiro atoms. The maximum atomic E-state index is 4.75. The van der Waals surface area contributed by atoms with Gasteiger partial charge >= 0.3 is 0 Å². The van der Waals surface area contributed by atoms with Gasteiger partial charge in [-0.2, -0.15) is 0 Å². The molecule has 0 saturated heterocycles. The zero-order valence-electron chi connectivity index (χ0n) is 11.4. The van der Waals surface area contributed by atoms with Crippen LogP contribution in [0, 0.1) is 0 Å². The second-order valence-corrected chi connectivity index (χ2v) is 4.89. The Labute approximate surface area is 113 Å². The lowest BCUT2D eigenvalue weighted by Crippen LogP contribution is -2.23. The Morgan fingerprint density at radius 3 is 3.11 bits per heavy atom. The van der Waals surface area contributed by atoms with Gasteiger partial charge in [0, 0.05) is 30.0 Å². The van der Waals surface area contributed by atoms with Crippen LogP contribution >= 0.6 is 0 Å². The standard InChI is InChI=1S/C14H19N5/c1-3-19-9-16-8-13(19)14-17-7-10-11(15-2)5-4-6-12(10)18-14/h7-9,11,15H,3-6H2,1-2H3. The zero-order valence-corrected chi connectivity index (χ0v) is 11.4. The monoisotopic (exact) mass is 257 g/mol. The summed E-state index contributed by atoms with van der Waals surface area (Å²) < 4.78 is 2.07. The molecular weight excluding hydrogens is 238 g/mol. The van der Waals surface area contributed by atoms with Crippen molar-refractivity contribution in [3.05, 3.63) is 30.0 Å². The van der Waals surface area contributed by atoms with Gasteiger partial charge in [-0.15, -0.1) is 0 Å². The van der Waals surface area contributed by atoms with Crippen LogP contribution in [0.5, 0.6) is 0 Å². The lowest BCUT2D eigenvalue weighted by molar-refractivity contribution is 0.487. The van der Waals surface area contributed by atoms with Crippen molar-refractivity contribution in [3.63, 3.8) is 0 Å². The first-order valence-corrected chi connectivity index (χ1v) is 6.87. The maximum absolute atomic E-state index is 4.75. The van der Waals surface area contributed by atoms with E-state index in [9.17, 15) is 0 Å². The van der Waals surface area contributed by atoms with E-state index in [1.807, 2.05) is 25.8 Å². The summed E-state index contributed by atoms with van der Waals surface area (Å²) in [6, 6.07) is 0.397. The number of fused-ring (bicyclic) bond motifs is 1. The molecule has 19 heavy (non-hydrogen) atoms. The minimum absolute atomic E-state index is 0.397. The lowest BCUT2D eigenvalue weighted by Gasteiger charge is -2.24. The molecule has 0 bridgehead atoms. The molecule has 1 N–H and O–H groups in total. The van der Waals surface area contributed by atoms with E-state index in [0.29, 0.717) is 6.04 Å². The molecule has 0 aliphatic heterocycles. The van der Waals surface area contributed by atoms with Crippen LogP contribution in [0.25, 0.3) is 11.5 Å². The highest BCUT2D eigenvalue weighted by molar-refractivity contribution is 5.49. The van der Waals surface area contributed by atoms with Crippen LogP contribution in [0.4, 0.5) is 0 Å². The first kappa shape index (κ1) is 12.3. The molecule has 1 aliphatic rings. The average Bonchev–Trinajstić information content (AvgIpc) is 2.94. The highest BCUT2D eigenvalue weighted by atomic mass is 15.1. The number of hydrogen-bond donors (Lipinski definition) is 1. The molecule has 0 amide bonds.